The number of nitrogens with one attached hydrogen (secondary N) is 1. The normalized spacial score (nSPS) is 12.1. The summed E-state index contributed by atoms with van der Waals surface area (Å²) in [7, 11) is 1.66. The first-order chi connectivity index (χ1) is 8.11. The Kier molecular flexibility index (Phi) is 8.81. The molecule has 0 aliphatic rings. The largest absolute Gasteiger partial charge is 0.497 e. The summed E-state index contributed by atoms with van der Waals surface area (Å²) < 4.78 is 5.10. The molecule has 0 bridgehead atoms. The van der Waals surface area contributed by atoms with E-state index in [9.17, 15) is 5.11 Å². The van der Waals surface area contributed by atoms with Crippen molar-refractivity contribution in [1.82, 2.24) is 5.32 Å². The van der Waals surface area contributed by atoms with E-state index < -0.39 is 0 Å². The van der Waals surface area contributed by atoms with Crippen LogP contribution in [0.4, 0.5) is 0 Å². The Hall–Kier alpha value is -0.770. The minimum absolute atomic E-state index is 0. The van der Waals surface area contributed by atoms with Crippen LogP contribution >= 0.6 is 12.4 Å². The third-order valence-electron chi connectivity index (χ3n) is 2.69. The highest BCUT2D eigenvalue weighted by atomic mass is 35.5. The number of methoxy groups -OCH3 is 1. The van der Waals surface area contributed by atoms with Crippen molar-refractivity contribution in [3.05, 3.63) is 29.8 Å². The maximum atomic E-state index is 9.77. The van der Waals surface area contributed by atoms with Crippen molar-refractivity contribution in [3.63, 3.8) is 0 Å². The van der Waals surface area contributed by atoms with E-state index in [1.807, 2.05) is 24.3 Å². The molecule has 0 radical (unpaired) electrons. The summed E-state index contributed by atoms with van der Waals surface area (Å²) in [5.74, 6) is 0.871. The predicted octanol–water partition coefficient (Wildman–Crippen LogP) is 2.41. The molecule has 1 atom stereocenters. The second-order valence-corrected chi connectivity index (χ2v) is 4.60. The Morgan fingerprint density at radius 1 is 1.22 bits per heavy atom. The second-order valence-electron chi connectivity index (χ2n) is 4.60. The smallest absolute Gasteiger partial charge is 0.118 e. The summed E-state index contributed by atoms with van der Waals surface area (Å²) in [5.41, 5.74) is 1.23. The number of aliphatic hydroxyl groups excluding tert-OH is 1. The molecule has 3 nitrogen and oxygen atoms in total. The van der Waals surface area contributed by atoms with Crippen LogP contribution in [0.3, 0.4) is 0 Å². The number of benzene rings is 1. The van der Waals surface area contributed by atoms with Crippen molar-refractivity contribution in [2.24, 2.45) is 0 Å². The highest BCUT2D eigenvalue weighted by molar-refractivity contribution is 5.85. The van der Waals surface area contributed by atoms with Crippen LogP contribution in [0.5, 0.6) is 5.75 Å². The Labute approximate surface area is 116 Å². The highest BCUT2D eigenvalue weighted by Crippen LogP contribution is 2.13. The monoisotopic (exact) mass is 273 g/mol. The molecule has 0 spiro atoms. The van der Waals surface area contributed by atoms with Crippen LogP contribution in [0.15, 0.2) is 24.3 Å². The minimum Gasteiger partial charge on any atom is -0.497 e. The van der Waals surface area contributed by atoms with Crippen LogP contribution in [0.25, 0.3) is 0 Å². The molecule has 0 saturated carbocycles. The van der Waals surface area contributed by atoms with Crippen LogP contribution < -0.4 is 10.1 Å². The van der Waals surface area contributed by atoms with Crippen molar-refractivity contribution in [2.45, 2.75) is 38.8 Å². The van der Waals surface area contributed by atoms with Crippen molar-refractivity contribution in [1.29, 1.82) is 0 Å². The number of aliphatic hydroxyl groups is 1. The van der Waals surface area contributed by atoms with Gasteiger partial charge in [-0.15, -0.1) is 12.4 Å². The maximum Gasteiger partial charge on any atom is 0.118 e. The van der Waals surface area contributed by atoms with E-state index in [4.69, 9.17) is 4.74 Å². The Morgan fingerprint density at radius 3 is 2.33 bits per heavy atom. The highest BCUT2D eigenvalue weighted by Gasteiger charge is 2.05. The van der Waals surface area contributed by atoms with Crippen molar-refractivity contribution < 1.29 is 9.84 Å². The zero-order valence-electron chi connectivity index (χ0n) is 11.3. The second kappa shape index (κ2) is 9.20. The lowest BCUT2D eigenvalue weighted by Gasteiger charge is -2.14. The third kappa shape index (κ3) is 6.84. The van der Waals surface area contributed by atoms with Gasteiger partial charge in [-0.05, 0) is 30.5 Å². The molecule has 0 amide bonds. The van der Waals surface area contributed by atoms with Gasteiger partial charge in [-0.1, -0.05) is 26.0 Å². The van der Waals surface area contributed by atoms with Gasteiger partial charge in [-0.3, -0.25) is 0 Å². The Balaban J connectivity index is 0.00000289. The molecule has 4 heteroatoms. The summed E-state index contributed by atoms with van der Waals surface area (Å²) in [6, 6.07) is 8.41. The van der Waals surface area contributed by atoms with Crippen LogP contribution in [0.1, 0.15) is 25.8 Å². The average molecular weight is 274 g/mol. The summed E-state index contributed by atoms with van der Waals surface area (Å²) in [5, 5.41) is 13.0. The van der Waals surface area contributed by atoms with E-state index in [0.717, 1.165) is 18.6 Å². The molecule has 1 aromatic carbocycles. The molecule has 2 N–H and O–H groups in total. The first kappa shape index (κ1) is 17.2. The van der Waals surface area contributed by atoms with Gasteiger partial charge in [0, 0.05) is 12.6 Å². The number of hydrogen-bond donors (Lipinski definition) is 2. The lowest BCUT2D eigenvalue weighted by Crippen LogP contribution is -2.32. The van der Waals surface area contributed by atoms with E-state index >= 15 is 0 Å². The Morgan fingerprint density at radius 2 is 1.83 bits per heavy atom. The lowest BCUT2D eigenvalue weighted by atomic mass is 10.1. The van der Waals surface area contributed by atoms with E-state index in [1.165, 1.54) is 5.56 Å². The number of aryl methyl sites for hydroxylation is 1. The van der Waals surface area contributed by atoms with Gasteiger partial charge in [0.1, 0.15) is 5.75 Å². The van der Waals surface area contributed by atoms with Crippen LogP contribution in [-0.2, 0) is 6.42 Å². The fourth-order valence-electron chi connectivity index (χ4n) is 1.60. The quantitative estimate of drug-likeness (QED) is 0.802. The predicted molar refractivity (Wildman–Crippen MR) is 77.7 cm³/mol. The molecule has 0 fully saturated rings. The topological polar surface area (TPSA) is 41.5 Å². The van der Waals surface area contributed by atoms with Gasteiger partial charge in [0.2, 0.25) is 0 Å². The van der Waals surface area contributed by atoms with Crippen molar-refractivity contribution in [2.75, 3.05) is 13.7 Å². The molecular weight excluding hydrogens is 250 g/mol. The zero-order chi connectivity index (χ0) is 12.7. The molecule has 1 aromatic rings. The van der Waals surface area contributed by atoms with Gasteiger partial charge in [0.25, 0.3) is 0 Å². The molecule has 0 aliphatic carbocycles. The van der Waals surface area contributed by atoms with Crippen LogP contribution in [-0.4, -0.2) is 30.9 Å². The molecule has 1 rings (SSSR count). The van der Waals surface area contributed by atoms with Gasteiger partial charge in [-0.25, -0.2) is 0 Å². The van der Waals surface area contributed by atoms with Crippen LogP contribution in [0.2, 0.25) is 0 Å². The molecule has 0 aromatic heterocycles. The Bertz CT molecular complexity index is 314. The molecular formula is C14H24ClNO2. The zero-order valence-corrected chi connectivity index (χ0v) is 12.2. The lowest BCUT2D eigenvalue weighted by molar-refractivity contribution is 0.159. The number of ether oxygens (including phenoxy) is 1. The molecule has 104 valence electrons. The number of halogens is 1. The van der Waals surface area contributed by atoms with Gasteiger partial charge in [0.05, 0.1) is 13.2 Å². The SMILES string of the molecule is COc1ccc(CCC(O)CNC(C)C)cc1.Cl. The summed E-state index contributed by atoms with van der Waals surface area (Å²) >= 11 is 0. The van der Waals surface area contributed by atoms with Gasteiger partial charge in [0.15, 0.2) is 0 Å². The molecule has 1 unspecified atom stereocenters. The number of hydrogen-bond acceptors (Lipinski definition) is 3. The first-order valence-electron chi connectivity index (χ1n) is 6.16. The van der Waals surface area contributed by atoms with E-state index in [1.54, 1.807) is 7.11 Å². The van der Waals surface area contributed by atoms with Gasteiger partial charge >= 0.3 is 0 Å². The van der Waals surface area contributed by atoms with E-state index in [0.29, 0.717) is 12.6 Å². The maximum absolute atomic E-state index is 9.77. The molecule has 0 heterocycles. The van der Waals surface area contributed by atoms with E-state index in [2.05, 4.69) is 19.2 Å². The van der Waals surface area contributed by atoms with Crippen molar-refractivity contribution in [3.8, 4) is 5.75 Å². The van der Waals surface area contributed by atoms with Gasteiger partial charge in [-0.2, -0.15) is 0 Å². The van der Waals surface area contributed by atoms with Crippen LogP contribution in [0, 0.1) is 0 Å². The summed E-state index contributed by atoms with van der Waals surface area (Å²) in [6.45, 7) is 4.82. The number of rotatable bonds is 7. The van der Waals surface area contributed by atoms with E-state index in [-0.39, 0.29) is 18.5 Å². The summed E-state index contributed by atoms with van der Waals surface area (Å²) in [4.78, 5) is 0. The fraction of sp³-hybridized carbons (Fsp3) is 0.571. The molecule has 18 heavy (non-hydrogen) atoms. The molecule has 0 saturated heterocycles. The van der Waals surface area contributed by atoms with Crippen molar-refractivity contribution >= 4 is 12.4 Å². The standard InChI is InChI=1S/C14H23NO2.ClH/c1-11(2)15-10-13(16)7-4-12-5-8-14(17-3)9-6-12;/h5-6,8-9,11,13,15-16H,4,7,10H2,1-3H3;1H. The first-order valence-corrected chi connectivity index (χ1v) is 6.16. The fourth-order valence-corrected chi connectivity index (χ4v) is 1.60. The summed E-state index contributed by atoms with van der Waals surface area (Å²) in [6.07, 6.45) is 1.40. The molecule has 0 aliphatic heterocycles. The van der Waals surface area contributed by atoms with Gasteiger partial charge < -0.3 is 15.2 Å². The average Bonchev–Trinajstić information content (AvgIpc) is 2.34. The minimum atomic E-state index is -0.278. The third-order valence-corrected chi connectivity index (χ3v) is 2.69.